The number of hydrogen-bond donors (Lipinski definition) is 1. The Bertz CT molecular complexity index is 631. The van der Waals surface area contributed by atoms with Crippen LogP contribution in [0.4, 0.5) is 0 Å². The van der Waals surface area contributed by atoms with Crippen LogP contribution in [0.15, 0.2) is 21.5 Å². The number of halogens is 1. The van der Waals surface area contributed by atoms with E-state index in [0.29, 0.717) is 26.0 Å². The van der Waals surface area contributed by atoms with Crippen LogP contribution in [0.1, 0.15) is 18.9 Å². The zero-order valence-electron chi connectivity index (χ0n) is 11.6. The molecule has 1 saturated heterocycles. The van der Waals surface area contributed by atoms with E-state index in [9.17, 15) is 9.90 Å². The molecule has 112 valence electrons. The molecule has 1 aromatic carbocycles. The Kier molecular flexibility index (Phi) is 5.29. The summed E-state index contributed by atoms with van der Waals surface area (Å²) < 4.78 is 6.35. The highest BCUT2D eigenvalue weighted by Gasteiger charge is 2.31. The van der Waals surface area contributed by atoms with Gasteiger partial charge in [-0.3, -0.25) is 9.69 Å². The van der Waals surface area contributed by atoms with Gasteiger partial charge in [0.05, 0.1) is 12.0 Å². The first-order chi connectivity index (χ1) is 9.97. The minimum atomic E-state index is -0.0780. The van der Waals surface area contributed by atoms with Crippen LogP contribution in [0, 0.1) is 0 Å². The number of amides is 1. The van der Waals surface area contributed by atoms with Gasteiger partial charge in [0.25, 0.3) is 5.91 Å². The van der Waals surface area contributed by atoms with E-state index in [1.54, 1.807) is 17.0 Å². The quantitative estimate of drug-likeness (QED) is 0.629. The Morgan fingerprint density at radius 1 is 1.52 bits per heavy atom. The van der Waals surface area contributed by atoms with Crippen LogP contribution in [-0.4, -0.2) is 33.9 Å². The van der Waals surface area contributed by atoms with Crippen LogP contribution in [-0.2, 0) is 4.79 Å². The molecule has 1 amide bonds. The smallest absolute Gasteiger partial charge is 0.266 e. The lowest BCUT2D eigenvalue weighted by Crippen LogP contribution is -2.28. The normalized spacial score (nSPS) is 16.9. The highest BCUT2D eigenvalue weighted by Crippen LogP contribution is 2.37. The fourth-order valence-corrected chi connectivity index (χ4v) is 3.64. The zero-order valence-corrected chi connectivity index (χ0v) is 14.8. The molecule has 2 rings (SSSR count). The largest absolute Gasteiger partial charge is 0.504 e. The number of rotatable bonds is 4. The highest BCUT2D eigenvalue weighted by molar-refractivity contribution is 9.10. The van der Waals surface area contributed by atoms with Crippen LogP contribution in [0.3, 0.4) is 0 Å². The van der Waals surface area contributed by atoms with Gasteiger partial charge in [-0.25, -0.2) is 0 Å². The maximum Gasteiger partial charge on any atom is 0.266 e. The molecule has 1 fully saturated rings. The second-order valence-electron chi connectivity index (χ2n) is 4.38. The highest BCUT2D eigenvalue weighted by atomic mass is 79.9. The van der Waals surface area contributed by atoms with Crippen molar-refractivity contribution in [3.8, 4) is 11.5 Å². The molecular formula is C14H14BrNO3S2. The first kappa shape index (κ1) is 16.3. The summed E-state index contributed by atoms with van der Waals surface area (Å²) in [5.74, 6) is 0.319. The molecule has 0 spiro atoms. The van der Waals surface area contributed by atoms with E-state index < -0.39 is 0 Å². The topological polar surface area (TPSA) is 49.8 Å². The molecule has 0 atom stereocenters. The molecule has 1 heterocycles. The van der Waals surface area contributed by atoms with E-state index in [0.717, 1.165) is 12.0 Å². The zero-order chi connectivity index (χ0) is 15.6. The number of carbonyl (C=O) groups excluding carboxylic acids is 1. The third kappa shape index (κ3) is 3.41. The van der Waals surface area contributed by atoms with Gasteiger partial charge in [-0.05, 0) is 30.2 Å². The van der Waals surface area contributed by atoms with Gasteiger partial charge in [-0.15, -0.1) is 0 Å². The van der Waals surface area contributed by atoms with Crippen LogP contribution in [0.2, 0.25) is 0 Å². The lowest BCUT2D eigenvalue weighted by molar-refractivity contribution is -0.122. The third-order valence-electron chi connectivity index (χ3n) is 2.91. The number of thiocarbonyl (C=S) groups is 1. The fourth-order valence-electron chi connectivity index (χ4n) is 1.89. The monoisotopic (exact) mass is 387 g/mol. The van der Waals surface area contributed by atoms with Gasteiger partial charge >= 0.3 is 0 Å². The number of phenolic OH excluding ortho intramolecular Hbond substituents is 1. The second-order valence-corrected chi connectivity index (χ2v) is 6.91. The van der Waals surface area contributed by atoms with Gasteiger partial charge in [0, 0.05) is 11.0 Å². The molecule has 0 saturated carbocycles. The van der Waals surface area contributed by atoms with Crippen molar-refractivity contribution in [1.82, 2.24) is 4.90 Å². The van der Waals surface area contributed by atoms with Gasteiger partial charge in [-0.1, -0.05) is 46.8 Å². The van der Waals surface area contributed by atoms with E-state index in [4.69, 9.17) is 17.0 Å². The summed E-state index contributed by atoms with van der Waals surface area (Å²) in [6.45, 7) is 2.63. The summed E-state index contributed by atoms with van der Waals surface area (Å²) in [6, 6.07) is 3.21. The Labute approximate surface area is 141 Å². The average molecular weight is 388 g/mol. The van der Waals surface area contributed by atoms with Crippen LogP contribution in [0.5, 0.6) is 11.5 Å². The number of benzene rings is 1. The standard InChI is InChI=1S/C14H14BrNO3S2/c1-3-4-16-13(18)12(21-14(16)20)6-8-5-11(19-2)10(17)7-9(8)15/h5-7,17H,3-4H2,1-2H3. The number of aromatic hydroxyl groups is 1. The van der Waals surface area contributed by atoms with Crippen molar-refractivity contribution < 1.29 is 14.6 Å². The first-order valence-corrected chi connectivity index (χ1v) is 8.31. The maximum atomic E-state index is 12.3. The van der Waals surface area contributed by atoms with Gasteiger partial charge in [0.15, 0.2) is 11.5 Å². The Morgan fingerprint density at radius 2 is 2.24 bits per heavy atom. The van der Waals surface area contributed by atoms with E-state index in [-0.39, 0.29) is 11.7 Å². The molecule has 0 radical (unpaired) electrons. The number of hydrogen-bond acceptors (Lipinski definition) is 5. The molecule has 0 unspecified atom stereocenters. The van der Waals surface area contributed by atoms with E-state index >= 15 is 0 Å². The molecular weight excluding hydrogens is 374 g/mol. The van der Waals surface area contributed by atoms with Crippen LogP contribution >= 0.6 is 39.9 Å². The SMILES string of the molecule is CCCN1C(=O)C(=Cc2cc(OC)c(O)cc2Br)SC1=S. The number of ether oxygens (including phenoxy) is 1. The van der Waals surface area contributed by atoms with Crippen molar-refractivity contribution in [2.75, 3.05) is 13.7 Å². The Balaban J connectivity index is 2.37. The summed E-state index contributed by atoms with van der Waals surface area (Å²) in [5.41, 5.74) is 0.752. The number of carbonyl (C=O) groups is 1. The third-order valence-corrected chi connectivity index (χ3v) is 4.97. The minimum absolute atomic E-state index is 0.0417. The Hall–Kier alpha value is -1.05. The molecule has 0 aromatic heterocycles. The van der Waals surface area contributed by atoms with Gasteiger partial charge in [-0.2, -0.15) is 0 Å². The number of thioether (sulfide) groups is 1. The lowest BCUT2D eigenvalue weighted by atomic mass is 10.2. The number of phenols is 1. The van der Waals surface area contributed by atoms with Gasteiger partial charge in [0.2, 0.25) is 0 Å². The minimum Gasteiger partial charge on any atom is -0.504 e. The summed E-state index contributed by atoms with van der Waals surface area (Å²) in [5, 5.41) is 9.71. The van der Waals surface area contributed by atoms with E-state index in [1.165, 1.54) is 24.9 Å². The van der Waals surface area contributed by atoms with Gasteiger partial charge < -0.3 is 9.84 Å². The Morgan fingerprint density at radius 3 is 2.86 bits per heavy atom. The molecule has 0 bridgehead atoms. The summed E-state index contributed by atoms with van der Waals surface area (Å²) in [7, 11) is 1.48. The van der Waals surface area contributed by atoms with Crippen LogP contribution in [0.25, 0.3) is 6.08 Å². The summed E-state index contributed by atoms with van der Waals surface area (Å²) in [4.78, 5) is 14.5. The molecule has 4 nitrogen and oxygen atoms in total. The predicted molar refractivity (Wildman–Crippen MR) is 92.5 cm³/mol. The summed E-state index contributed by atoms with van der Waals surface area (Å²) >= 11 is 9.89. The van der Waals surface area contributed by atoms with Crippen molar-refractivity contribution in [3.05, 3.63) is 27.1 Å². The lowest BCUT2D eigenvalue weighted by Gasteiger charge is -2.12. The van der Waals surface area contributed by atoms with Crippen molar-refractivity contribution in [2.45, 2.75) is 13.3 Å². The predicted octanol–water partition coefficient (Wildman–Crippen LogP) is 3.77. The molecule has 1 aliphatic rings. The van der Waals surface area contributed by atoms with Gasteiger partial charge in [0.1, 0.15) is 4.32 Å². The van der Waals surface area contributed by atoms with Crippen molar-refractivity contribution >= 4 is 56.2 Å². The number of nitrogens with zero attached hydrogens (tertiary/aromatic N) is 1. The molecule has 7 heteroatoms. The van der Waals surface area contributed by atoms with E-state index in [1.807, 2.05) is 6.92 Å². The number of methoxy groups -OCH3 is 1. The van der Waals surface area contributed by atoms with Crippen molar-refractivity contribution in [1.29, 1.82) is 0 Å². The summed E-state index contributed by atoms with van der Waals surface area (Å²) in [6.07, 6.45) is 2.61. The van der Waals surface area contributed by atoms with Crippen LogP contribution < -0.4 is 4.74 Å². The first-order valence-electron chi connectivity index (χ1n) is 6.29. The maximum absolute atomic E-state index is 12.3. The molecule has 1 N–H and O–H groups in total. The molecule has 1 aliphatic heterocycles. The van der Waals surface area contributed by atoms with Crippen molar-refractivity contribution in [3.63, 3.8) is 0 Å². The van der Waals surface area contributed by atoms with E-state index in [2.05, 4.69) is 15.9 Å². The second kappa shape index (κ2) is 6.81. The molecule has 1 aromatic rings. The average Bonchev–Trinajstić information content (AvgIpc) is 2.70. The molecule has 21 heavy (non-hydrogen) atoms. The molecule has 0 aliphatic carbocycles. The fraction of sp³-hybridized carbons (Fsp3) is 0.286. The van der Waals surface area contributed by atoms with Crippen molar-refractivity contribution in [2.24, 2.45) is 0 Å².